The van der Waals surface area contributed by atoms with Crippen molar-refractivity contribution in [2.24, 2.45) is 12.0 Å². The highest BCUT2D eigenvalue weighted by atomic mass is 19.2. The predicted octanol–water partition coefficient (Wildman–Crippen LogP) is 1.18. The SMILES string of the molecule is CN=C(NCCOc1ccc(F)c(F)c1)N(C)Cc1ncnn1C. The molecule has 0 aliphatic heterocycles. The maximum Gasteiger partial charge on any atom is 0.193 e. The zero-order valence-corrected chi connectivity index (χ0v) is 13.8. The average Bonchev–Trinajstić information content (AvgIpc) is 2.95. The number of rotatable bonds is 6. The Balaban J connectivity index is 1.79. The Morgan fingerprint density at radius 2 is 2.17 bits per heavy atom. The number of halogens is 2. The van der Waals surface area contributed by atoms with Gasteiger partial charge in [-0.25, -0.2) is 13.8 Å². The maximum absolute atomic E-state index is 13.1. The van der Waals surface area contributed by atoms with Gasteiger partial charge < -0.3 is 15.0 Å². The topological polar surface area (TPSA) is 67.6 Å². The molecule has 1 aromatic heterocycles. The molecule has 0 aliphatic rings. The van der Waals surface area contributed by atoms with Crippen molar-refractivity contribution in [3.8, 4) is 5.75 Å². The van der Waals surface area contributed by atoms with Crippen molar-refractivity contribution in [1.82, 2.24) is 25.0 Å². The minimum atomic E-state index is -0.931. The number of aryl methyl sites for hydroxylation is 1. The van der Waals surface area contributed by atoms with Gasteiger partial charge in [0.1, 0.15) is 24.5 Å². The highest BCUT2D eigenvalue weighted by Crippen LogP contribution is 2.14. The molecule has 1 aromatic carbocycles. The fourth-order valence-electron chi connectivity index (χ4n) is 2.03. The first-order valence-corrected chi connectivity index (χ1v) is 7.33. The van der Waals surface area contributed by atoms with Crippen LogP contribution >= 0.6 is 0 Å². The van der Waals surface area contributed by atoms with E-state index in [0.717, 1.165) is 18.0 Å². The Hall–Kier alpha value is -2.71. The van der Waals surface area contributed by atoms with Crippen LogP contribution in [0.1, 0.15) is 5.82 Å². The van der Waals surface area contributed by atoms with Crippen LogP contribution in [0, 0.1) is 11.6 Å². The van der Waals surface area contributed by atoms with Gasteiger partial charge in [-0.2, -0.15) is 5.10 Å². The molecule has 1 N–H and O–H groups in total. The first-order valence-electron chi connectivity index (χ1n) is 7.33. The third-order valence-corrected chi connectivity index (χ3v) is 3.30. The van der Waals surface area contributed by atoms with Gasteiger partial charge in [0.2, 0.25) is 0 Å². The first-order chi connectivity index (χ1) is 11.5. The van der Waals surface area contributed by atoms with Gasteiger partial charge in [-0.05, 0) is 12.1 Å². The quantitative estimate of drug-likeness (QED) is 0.487. The van der Waals surface area contributed by atoms with E-state index < -0.39 is 11.6 Å². The van der Waals surface area contributed by atoms with Gasteiger partial charge in [-0.1, -0.05) is 0 Å². The van der Waals surface area contributed by atoms with Crippen LogP contribution in [-0.2, 0) is 13.6 Å². The second-order valence-corrected chi connectivity index (χ2v) is 5.05. The summed E-state index contributed by atoms with van der Waals surface area (Å²) in [5, 5.41) is 7.14. The summed E-state index contributed by atoms with van der Waals surface area (Å²) in [5.74, 6) is -0.0885. The molecule has 0 unspecified atom stereocenters. The van der Waals surface area contributed by atoms with E-state index in [4.69, 9.17) is 4.74 Å². The van der Waals surface area contributed by atoms with Gasteiger partial charge in [0, 0.05) is 27.2 Å². The van der Waals surface area contributed by atoms with Crippen LogP contribution in [-0.4, -0.2) is 52.9 Å². The van der Waals surface area contributed by atoms with Crippen molar-refractivity contribution >= 4 is 5.96 Å². The van der Waals surface area contributed by atoms with Crippen molar-refractivity contribution < 1.29 is 13.5 Å². The molecule has 24 heavy (non-hydrogen) atoms. The van der Waals surface area contributed by atoms with E-state index in [0.29, 0.717) is 19.0 Å². The number of nitrogens with zero attached hydrogens (tertiary/aromatic N) is 5. The largest absolute Gasteiger partial charge is 0.492 e. The lowest BCUT2D eigenvalue weighted by molar-refractivity contribution is 0.316. The molecule has 7 nitrogen and oxygen atoms in total. The summed E-state index contributed by atoms with van der Waals surface area (Å²) in [7, 11) is 5.37. The van der Waals surface area contributed by atoms with Gasteiger partial charge >= 0.3 is 0 Å². The van der Waals surface area contributed by atoms with E-state index in [9.17, 15) is 8.78 Å². The molecule has 2 aromatic rings. The summed E-state index contributed by atoms with van der Waals surface area (Å²) in [4.78, 5) is 10.2. The molecule has 130 valence electrons. The Bertz CT molecular complexity index is 703. The molecule has 0 bridgehead atoms. The fraction of sp³-hybridized carbons (Fsp3) is 0.400. The first kappa shape index (κ1) is 17.6. The zero-order valence-electron chi connectivity index (χ0n) is 13.8. The van der Waals surface area contributed by atoms with Crippen LogP contribution in [0.2, 0.25) is 0 Å². The number of benzene rings is 1. The van der Waals surface area contributed by atoms with Crippen molar-refractivity contribution in [3.05, 3.63) is 42.0 Å². The molecule has 0 saturated carbocycles. The van der Waals surface area contributed by atoms with Gasteiger partial charge in [-0.3, -0.25) is 9.67 Å². The summed E-state index contributed by atoms with van der Waals surface area (Å²) in [6, 6.07) is 3.43. The van der Waals surface area contributed by atoms with Crippen molar-refractivity contribution in [3.63, 3.8) is 0 Å². The second-order valence-electron chi connectivity index (χ2n) is 5.05. The second kappa shape index (κ2) is 8.23. The van der Waals surface area contributed by atoms with Gasteiger partial charge in [0.15, 0.2) is 17.6 Å². The number of aromatic nitrogens is 3. The molecular weight excluding hydrogens is 318 g/mol. The fourth-order valence-corrected chi connectivity index (χ4v) is 2.03. The Morgan fingerprint density at radius 3 is 2.79 bits per heavy atom. The van der Waals surface area contributed by atoms with Gasteiger partial charge in [0.25, 0.3) is 0 Å². The van der Waals surface area contributed by atoms with Gasteiger partial charge in [0.05, 0.1) is 13.1 Å². The zero-order chi connectivity index (χ0) is 17.5. The van der Waals surface area contributed by atoms with Gasteiger partial charge in [-0.15, -0.1) is 0 Å². The van der Waals surface area contributed by atoms with Crippen molar-refractivity contribution in [1.29, 1.82) is 0 Å². The lowest BCUT2D eigenvalue weighted by atomic mass is 10.3. The number of hydrogen-bond acceptors (Lipinski definition) is 4. The number of guanidine groups is 1. The average molecular weight is 338 g/mol. The van der Waals surface area contributed by atoms with E-state index in [1.54, 1.807) is 11.7 Å². The van der Waals surface area contributed by atoms with Crippen LogP contribution in [0.5, 0.6) is 5.75 Å². The van der Waals surface area contributed by atoms with E-state index in [-0.39, 0.29) is 12.4 Å². The van der Waals surface area contributed by atoms with E-state index in [2.05, 4.69) is 20.4 Å². The van der Waals surface area contributed by atoms with Crippen LogP contribution in [0.3, 0.4) is 0 Å². The molecule has 0 spiro atoms. The highest BCUT2D eigenvalue weighted by molar-refractivity contribution is 5.79. The molecule has 2 rings (SSSR count). The molecule has 0 atom stereocenters. The van der Waals surface area contributed by atoms with Crippen molar-refractivity contribution in [2.75, 3.05) is 27.2 Å². The molecular formula is C15H20F2N6O. The van der Waals surface area contributed by atoms with Crippen LogP contribution in [0.15, 0.2) is 29.5 Å². The van der Waals surface area contributed by atoms with Crippen LogP contribution < -0.4 is 10.1 Å². The van der Waals surface area contributed by atoms with Crippen LogP contribution in [0.4, 0.5) is 8.78 Å². The summed E-state index contributed by atoms with van der Waals surface area (Å²) in [6.07, 6.45) is 1.50. The van der Waals surface area contributed by atoms with E-state index in [1.165, 1.54) is 12.4 Å². The Kier molecular flexibility index (Phi) is 6.05. The molecule has 0 saturated heterocycles. The monoisotopic (exact) mass is 338 g/mol. The minimum Gasteiger partial charge on any atom is -0.492 e. The molecule has 0 radical (unpaired) electrons. The summed E-state index contributed by atoms with van der Waals surface area (Å²) < 4.78 is 33.0. The normalized spacial score (nSPS) is 11.5. The Morgan fingerprint density at radius 1 is 1.38 bits per heavy atom. The van der Waals surface area contributed by atoms with E-state index >= 15 is 0 Å². The molecule has 9 heteroatoms. The summed E-state index contributed by atoms with van der Waals surface area (Å²) in [6.45, 7) is 1.27. The third-order valence-electron chi connectivity index (χ3n) is 3.30. The standard InChI is InChI=1S/C15H20F2N6O/c1-18-15(22(2)9-14-20-10-21-23(14)3)19-6-7-24-11-4-5-12(16)13(17)8-11/h4-5,8,10H,6-7,9H2,1-3H3,(H,18,19). The number of nitrogens with one attached hydrogen (secondary N) is 1. The lowest BCUT2D eigenvalue weighted by Crippen LogP contribution is -2.40. The smallest absolute Gasteiger partial charge is 0.193 e. The molecule has 0 aliphatic carbocycles. The number of aliphatic imine (C=N–C) groups is 1. The summed E-state index contributed by atoms with van der Waals surface area (Å²) >= 11 is 0. The summed E-state index contributed by atoms with van der Waals surface area (Å²) in [5.41, 5.74) is 0. The Labute approximate surface area is 139 Å². The molecule has 0 fully saturated rings. The maximum atomic E-state index is 13.1. The van der Waals surface area contributed by atoms with Crippen LogP contribution in [0.25, 0.3) is 0 Å². The number of hydrogen-bond donors (Lipinski definition) is 1. The lowest BCUT2D eigenvalue weighted by Gasteiger charge is -2.21. The third kappa shape index (κ3) is 4.64. The molecule has 0 amide bonds. The minimum absolute atomic E-state index is 0.276. The van der Waals surface area contributed by atoms with Crippen molar-refractivity contribution in [2.45, 2.75) is 6.54 Å². The van der Waals surface area contributed by atoms with E-state index in [1.807, 2.05) is 19.0 Å². The number of ether oxygens (including phenoxy) is 1. The predicted molar refractivity (Wildman–Crippen MR) is 85.7 cm³/mol. The highest BCUT2D eigenvalue weighted by Gasteiger charge is 2.10. The molecule has 1 heterocycles.